The zero-order valence-electron chi connectivity index (χ0n) is 19.9. The van der Waals surface area contributed by atoms with Crippen molar-refractivity contribution in [2.45, 2.75) is 20.3 Å². The lowest BCUT2D eigenvalue weighted by molar-refractivity contribution is -0.130. The summed E-state index contributed by atoms with van der Waals surface area (Å²) in [6.45, 7) is 5.68. The molecule has 1 fully saturated rings. The van der Waals surface area contributed by atoms with E-state index in [9.17, 15) is 14.4 Å². The Bertz CT molecular complexity index is 1340. The maximum atomic E-state index is 12.6. The van der Waals surface area contributed by atoms with Crippen LogP contribution in [0, 0.1) is 0 Å². The van der Waals surface area contributed by atoms with Gasteiger partial charge in [0.2, 0.25) is 11.9 Å². The third-order valence-corrected chi connectivity index (χ3v) is 6.23. The van der Waals surface area contributed by atoms with E-state index in [2.05, 4.69) is 15.3 Å². The van der Waals surface area contributed by atoms with Crippen LogP contribution >= 0.6 is 11.6 Å². The van der Waals surface area contributed by atoms with E-state index in [0.29, 0.717) is 54.0 Å². The Morgan fingerprint density at radius 1 is 1.20 bits per heavy atom. The fraction of sp³-hybridized carbons (Fsp3) is 0.375. The van der Waals surface area contributed by atoms with Crippen LogP contribution < -0.4 is 20.5 Å². The second-order valence-corrected chi connectivity index (χ2v) is 8.62. The highest BCUT2D eigenvalue weighted by Crippen LogP contribution is 2.28. The van der Waals surface area contributed by atoms with Gasteiger partial charge >= 0.3 is 0 Å². The van der Waals surface area contributed by atoms with Crippen LogP contribution in [0.1, 0.15) is 20.3 Å². The number of nitrogens with one attached hydrogen (secondary N) is 1. The van der Waals surface area contributed by atoms with Gasteiger partial charge in [0.05, 0.1) is 18.3 Å². The summed E-state index contributed by atoms with van der Waals surface area (Å²) in [6.07, 6.45) is 1.84. The molecular formula is C24H27ClN6O4. The predicted molar refractivity (Wildman–Crippen MR) is 135 cm³/mol. The second kappa shape index (κ2) is 10.3. The third kappa shape index (κ3) is 5.22. The van der Waals surface area contributed by atoms with Gasteiger partial charge in [-0.1, -0.05) is 18.5 Å². The molecule has 35 heavy (non-hydrogen) atoms. The number of benzene rings is 1. The van der Waals surface area contributed by atoms with Crippen LogP contribution in [0.2, 0.25) is 5.02 Å². The van der Waals surface area contributed by atoms with Crippen LogP contribution in [0.3, 0.4) is 0 Å². The van der Waals surface area contributed by atoms with E-state index in [4.69, 9.17) is 16.3 Å². The van der Waals surface area contributed by atoms with Crippen molar-refractivity contribution in [3.05, 3.63) is 45.8 Å². The topological polar surface area (TPSA) is 110 Å². The standard InChI is InChI=1S/C24H27ClN6O4/c1-4-17(32)14-35-20-11-15-10-16(6-7-19(15)29(3)23(20)34)27-22-18(25)12-26-24(28-22)31-9-8-30(5-2)21(33)13-31/h6-7,10-12H,4-5,8-9,13-14H2,1-3H3,(H,26,27,28). The summed E-state index contributed by atoms with van der Waals surface area (Å²) < 4.78 is 6.96. The first-order chi connectivity index (χ1) is 16.8. The number of amides is 1. The average molecular weight is 499 g/mol. The summed E-state index contributed by atoms with van der Waals surface area (Å²) in [6, 6.07) is 7.08. The molecule has 2 aromatic heterocycles. The Balaban J connectivity index is 1.60. The van der Waals surface area contributed by atoms with Crippen LogP contribution in [0.4, 0.5) is 17.5 Å². The number of nitrogens with zero attached hydrogens (tertiary/aromatic N) is 5. The van der Waals surface area contributed by atoms with Crippen LogP contribution in [0.15, 0.2) is 35.3 Å². The van der Waals surface area contributed by atoms with Crippen LogP contribution in [0.25, 0.3) is 10.9 Å². The Morgan fingerprint density at radius 3 is 2.71 bits per heavy atom. The normalized spacial score (nSPS) is 13.9. The number of halogens is 1. The third-order valence-electron chi connectivity index (χ3n) is 5.95. The number of ether oxygens (including phenoxy) is 1. The zero-order chi connectivity index (χ0) is 25.1. The minimum absolute atomic E-state index is 0.0330. The van der Waals surface area contributed by atoms with E-state index in [-0.39, 0.29) is 36.2 Å². The molecule has 1 amide bonds. The molecule has 1 aromatic carbocycles. The number of rotatable bonds is 8. The first-order valence-corrected chi connectivity index (χ1v) is 11.8. The van der Waals surface area contributed by atoms with E-state index in [1.165, 1.54) is 10.8 Å². The lowest BCUT2D eigenvalue weighted by atomic mass is 10.2. The molecule has 0 spiro atoms. The molecule has 3 heterocycles. The number of likely N-dealkylation sites (N-methyl/N-ethyl adjacent to an activating group) is 1. The number of ketones is 1. The van der Waals surface area contributed by atoms with Crippen molar-refractivity contribution in [2.75, 3.05) is 43.0 Å². The van der Waals surface area contributed by atoms with Crippen LogP contribution in [0.5, 0.6) is 5.75 Å². The first-order valence-electron chi connectivity index (χ1n) is 11.4. The van der Waals surface area contributed by atoms with Crippen molar-refractivity contribution < 1.29 is 14.3 Å². The van der Waals surface area contributed by atoms with Gasteiger partial charge in [-0.2, -0.15) is 4.98 Å². The van der Waals surface area contributed by atoms with Gasteiger partial charge in [-0.15, -0.1) is 0 Å². The largest absolute Gasteiger partial charge is 0.480 e. The van der Waals surface area contributed by atoms with E-state index in [1.807, 2.05) is 24.0 Å². The lowest BCUT2D eigenvalue weighted by Gasteiger charge is -2.33. The number of carbonyl (C=O) groups is 2. The number of hydrogen-bond donors (Lipinski definition) is 1. The molecule has 0 unspecified atom stereocenters. The SMILES string of the molecule is CCC(=O)COc1cc2cc(Nc3nc(N4CCN(CC)C(=O)C4)ncc3Cl)ccc2n(C)c1=O. The molecule has 0 bridgehead atoms. The summed E-state index contributed by atoms with van der Waals surface area (Å²) in [5.74, 6) is 0.870. The van der Waals surface area contributed by atoms with E-state index < -0.39 is 0 Å². The fourth-order valence-corrected chi connectivity index (χ4v) is 3.98. The molecule has 184 valence electrons. The molecule has 4 rings (SSSR count). The van der Waals surface area contributed by atoms with Crippen molar-refractivity contribution in [3.8, 4) is 5.75 Å². The molecule has 3 aromatic rings. The molecule has 1 N–H and O–H groups in total. The Hall–Kier alpha value is -3.66. The maximum Gasteiger partial charge on any atom is 0.293 e. The Kier molecular flexibility index (Phi) is 7.20. The molecular weight excluding hydrogens is 472 g/mol. The van der Waals surface area contributed by atoms with Gasteiger partial charge in [0.15, 0.2) is 17.4 Å². The number of hydrogen-bond acceptors (Lipinski definition) is 8. The van der Waals surface area contributed by atoms with Crippen molar-refractivity contribution in [3.63, 3.8) is 0 Å². The quantitative estimate of drug-likeness (QED) is 0.505. The van der Waals surface area contributed by atoms with Crippen molar-refractivity contribution in [1.82, 2.24) is 19.4 Å². The number of carbonyl (C=O) groups excluding carboxylic acids is 2. The summed E-state index contributed by atoms with van der Waals surface area (Å²) in [4.78, 5) is 49.0. The van der Waals surface area contributed by atoms with Gasteiger partial charge in [0.1, 0.15) is 11.6 Å². The number of Topliss-reactive ketones (excluding diaryl/α,β-unsaturated/α-hetero) is 1. The number of piperazine rings is 1. The highest BCUT2D eigenvalue weighted by molar-refractivity contribution is 6.32. The molecule has 11 heteroatoms. The first kappa shape index (κ1) is 24.5. The molecule has 10 nitrogen and oxygen atoms in total. The summed E-state index contributed by atoms with van der Waals surface area (Å²) in [7, 11) is 1.65. The number of fused-ring (bicyclic) bond motifs is 1. The molecule has 0 atom stereocenters. The molecule has 0 aliphatic carbocycles. The minimum Gasteiger partial charge on any atom is -0.480 e. The summed E-state index contributed by atoms with van der Waals surface area (Å²) >= 11 is 6.35. The molecule has 0 radical (unpaired) electrons. The highest BCUT2D eigenvalue weighted by atomic mass is 35.5. The van der Waals surface area contributed by atoms with E-state index >= 15 is 0 Å². The Morgan fingerprint density at radius 2 is 2.00 bits per heavy atom. The highest BCUT2D eigenvalue weighted by Gasteiger charge is 2.25. The van der Waals surface area contributed by atoms with Crippen LogP contribution in [-0.2, 0) is 16.6 Å². The van der Waals surface area contributed by atoms with Crippen molar-refractivity contribution >= 4 is 51.6 Å². The van der Waals surface area contributed by atoms with Crippen LogP contribution in [-0.4, -0.2) is 63.9 Å². The second-order valence-electron chi connectivity index (χ2n) is 8.21. The minimum atomic E-state index is -0.316. The molecule has 0 saturated carbocycles. The van der Waals surface area contributed by atoms with Gasteiger partial charge in [0, 0.05) is 44.2 Å². The van der Waals surface area contributed by atoms with Gasteiger partial charge in [-0.3, -0.25) is 14.4 Å². The lowest BCUT2D eigenvalue weighted by Crippen LogP contribution is -2.50. The number of pyridine rings is 1. The van der Waals surface area contributed by atoms with Gasteiger partial charge in [0.25, 0.3) is 5.56 Å². The smallest absolute Gasteiger partial charge is 0.293 e. The Labute approximate surface area is 207 Å². The van der Waals surface area contributed by atoms with Gasteiger partial charge in [-0.05, 0) is 31.2 Å². The van der Waals surface area contributed by atoms with E-state index in [0.717, 1.165) is 5.39 Å². The number of anilines is 3. The molecule has 1 saturated heterocycles. The zero-order valence-corrected chi connectivity index (χ0v) is 20.6. The van der Waals surface area contributed by atoms with Gasteiger partial charge in [-0.25, -0.2) is 4.98 Å². The maximum absolute atomic E-state index is 12.6. The summed E-state index contributed by atoms with van der Waals surface area (Å²) in [5.41, 5.74) is 1.07. The average Bonchev–Trinajstić information content (AvgIpc) is 2.86. The predicted octanol–water partition coefficient (Wildman–Crippen LogP) is 2.75. The van der Waals surface area contributed by atoms with Crippen molar-refractivity contribution in [2.24, 2.45) is 7.05 Å². The monoisotopic (exact) mass is 498 g/mol. The van der Waals surface area contributed by atoms with Gasteiger partial charge < -0.3 is 24.4 Å². The summed E-state index contributed by atoms with van der Waals surface area (Å²) in [5, 5.41) is 4.27. The molecule has 1 aliphatic rings. The number of aryl methyl sites for hydroxylation is 1. The fourth-order valence-electron chi connectivity index (χ4n) is 3.84. The number of aromatic nitrogens is 3. The van der Waals surface area contributed by atoms with Crippen molar-refractivity contribution in [1.29, 1.82) is 0 Å². The molecule has 1 aliphatic heterocycles. The van der Waals surface area contributed by atoms with E-state index in [1.54, 1.807) is 31.0 Å².